The number of aromatic nitrogens is 1. The van der Waals surface area contributed by atoms with E-state index in [2.05, 4.69) is 167 Å². The molecule has 3 nitrogen and oxygen atoms in total. The second kappa shape index (κ2) is 10.6. The van der Waals surface area contributed by atoms with Crippen LogP contribution in [0.5, 0.6) is 0 Å². The minimum Gasteiger partial charge on any atom is -0.456 e. The van der Waals surface area contributed by atoms with E-state index >= 15 is 0 Å². The molecule has 0 fully saturated rings. The molecule has 0 saturated heterocycles. The van der Waals surface area contributed by atoms with Crippen molar-refractivity contribution < 1.29 is 4.42 Å². The monoisotopic (exact) mass is 656 g/mol. The summed E-state index contributed by atoms with van der Waals surface area (Å²) in [5.74, 6) is 0. The molecule has 50 heavy (non-hydrogen) atoms. The van der Waals surface area contributed by atoms with Crippen molar-refractivity contribution in [2.45, 2.75) is 0 Å². The molecule has 0 aliphatic heterocycles. The van der Waals surface area contributed by atoms with Crippen molar-refractivity contribution in [3.63, 3.8) is 0 Å². The molecule has 3 heterocycles. The number of thiophene rings is 1. The number of para-hydroxylation sites is 2. The zero-order valence-corrected chi connectivity index (χ0v) is 27.7. The van der Waals surface area contributed by atoms with Crippen molar-refractivity contribution >= 4 is 103 Å². The van der Waals surface area contributed by atoms with Crippen LogP contribution in [0.2, 0.25) is 0 Å². The maximum Gasteiger partial charge on any atom is 0.137 e. The summed E-state index contributed by atoms with van der Waals surface area (Å²) in [5.41, 5.74) is 8.56. The third-order valence-corrected chi connectivity index (χ3v) is 11.3. The number of anilines is 3. The average Bonchev–Trinajstić information content (AvgIpc) is 3.84. The van der Waals surface area contributed by atoms with E-state index in [-0.39, 0.29) is 0 Å². The summed E-state index contributed by atoms with van der Waals surface area (Å²) in [4.78, 5) is 2.38. The predicted octanol–water partition coefficient (Wildman–Crippen LogP) is 13.7. The molecule has 0 saturated carbocycles. The van der Waals surface area contributed by atoms with Gasteiger partial charge in [0.2, 0.25) is 0 Å². The van der Waals surface area contributed by atoms with Crippen molar-refractivity contribution in [1.82, 2.24) is 4.57 Å². The zero-order valence-electron chi connectivity index (χ0n) is 26.9. The van der Waals surface area contributed by atoms with E-state index in [1.54, 1.807) is 0 Å². The number of hydrogen-bond donors (Lipinski definition) is 0. The number of furan rings is 1. The second-order valence-electron chi connectivity index (χ2n) is 12.9. The van der Waals surface area contributed by atoms with Crippen LogP contribution in [-0.2, 0) is 0 Å². The summed E-state index contributed by atoms with van der Waals surface area (Å²) < 4.78 is 11.4. The molecule has 0 spiro atoms. The fourth-order valence-corrected chi connectivity index (χ4v) is 9.07. The third kappa shape index (κ3) is 4.03. The number of rotatable bonds is 4. The molecule has 8 aromatic carbocycles. The quantitative estimate of drug-likeness (QED) is 0.188. The third-order valence-electron chi connectivity index (χ3n) is 10.2. The van der Waals surface area contributed by atoms with Crippen molar-refractivity contribution in [2.75, 3.05) is 4.90 Å². The molecular weight excluding hydrogens is 629 g/mol. The summed E-state index contributed by atoms with van der Waals surface area (Å²) in [6.07, 6.45) is 0. The fourth-order valence-electron chi connectivity index (χ4n) is 7.93. The van der Waals surface area contributed by atoms with Gasteiger partial charge in [-0.05, 0) is 83.6 Å². The Kier molecular flexibility index (Phi) is 5.83. The lowest BCUT2D eigenvalue weighted by molar-refractivity contribution is 0.669. The highest BCUT2D eigenvalue weighted by molar-refractivity contribution is 7.25. The Balaban J connectivity index is 1.20. The molecule has 0 unspecified atom stereocenters. The lowest BCUT2D eigenvalue weighted by Gasteiger charge is -2.26. The lowest BCUT2D eigenvalue weighted by atomic mass is 10.0. The molecule has 0 amide bonds. The molecule has 0 radical (unpaired) electrons. The molecule has 0 atom stereocenters. The summed E-state index contributed by atoms with van der Waals surface area (Å²) in [7, 11) is 0. The first-order valence-electron chi connectivity index (χ1n) is 16.9. The van der Waals surface area contributed by atoms with Crippen LogP contribution in [0.15, 0.2) is 174 Å². The summed E-state index contributed by atoms with van der Waals surface area (Å²) in [5, 5.41) is 9.81. The Morgan fingerprint density at radius 2 is 1.06 bits per heavy atom. The SMILES string of the molecule is c1ccc(-n2c3ccc(N(c4ccc5c(c4)oc4ccccc45)c4ccc5c(c4)sc4ccccc45)cc3c3c4ccccc4ccc32)cc1. The number of nitrogens with zero attached hydrogens (tertiary/aromatic N) is 2. The average molecular weight is 657 g/mol. The highest BCUT2D eigenvalue weighted by atomic mass is 32.1. The van der Waals surface area contributed by atoms with Crippen LogP contribution in [0.3, 0.4) is 0 Å². The molecule has 11 rings (SSSR count). The molecule has 0 bridgehead atoms. The van der Waals surface area contributed by atoms with Gasteiger partial charge < -0.3 is 13.9 Å². The van der Waals surface area contributed by atoms with Gasteiger partial charge in [-0.25, -0.2) is 0 Å². The van der Waals surface area contributed by atoms with Gasteiger partial charge in [-0.2, -0.15) is 0 Å². The van der Waals surface area contributed by atoms with Gasteiger partial charge in [0.15, 0.2) is 0 Å². The van der Waals surface area contributed by atoms with Crippen LogP contribution in [-0.4, -0.2) is 4.57 Å². The Hall–Kier alpha value is -6.36. The van der Waals surface area contributed by atoms with Crippen LogP contribution in [0.25, 0.3) is 80.4 Å². The Labute approximate surface area is 291 Å². The van der Waals surface area contributed by atoms with Gasteiger partial charge >= 0.3 is 0 Å². The molecule has 3 aromatic heterocycles. The maximum atomic E-state index is 6.43. The van der Waals surface area contributed by atoms with E-state index in [0.29, 0.717) is 0 Å². The van der Waals surface area contributed by atoms with Crippen molar-refractivity contribution in [3.8, 4) is 5.69 Å². The van der Waals surface area contributed by atoms with Crippen LogP contribution < -0.4 is 4.90 Å². The molecule has 0 N–H and O–H groups in total. The standard InChI is InChI=1S/C46H28N2OS/c1-2-11-30(12-3-1)48-40-25-21-31(26-39(40)46-34-13-5-4-10-29(34)18-24-41(46)48)47(32-19-22-36-35-14-6-8-16-42(35)49-43(36)27-32)33-20-23-38-37-15-7-9-17-44(37)50-45(38)28-33/h1-28H. The van der Waals surface area contributed by atoms with Crippen LogP contribution >= 0.6 is 11.3 Å². The number of hydrogen-bond acceptors (Lipinski definition) is 3. The zero-order chi connectivity index (χ0) is 32.8. The van der Waals surface area contributed by atoms with Gasteiger partial charge in [-0.1, -0.05) is 91.0 Å². The van der Waals surface area contributed by atoms with E-state index < -0.39 is 0 Å². The maximum absolute atomic E-state index is 6.43. The van der Waals surface area contributed by atoms with Crippen LogP contribution in [0.4, 0.5) is 17.1 Å². The fraction of sp³-hybridized carbons (Fsp3) is 0. The molecule has 234 valence electrons. The molecule has 0 aliphatic rings. The lowest BCUT2D eigenvalue weighted by Crippen LogP contribution is -2.09. The Morgan fingerprint density at radius 1 is 0.420 bits per heavy atom. The van der Waals surface area contributed by atoms with Gasteiger partial charge in [0.25, 0.3) is 0 Å². The number of fused-ring (bicyclic) bond motifs is 11. The Bertz CT molecular complexity index is 3000. The highest BCUT2D eigenvalue weighted by Gasteiger charge is 2.20. The van der Waals surface area contributed by atoms with Crippen LogP contribution in [0.1, 0.15) is 0 Å². The van der Waals surface area contributed by atoms with Gasteiger partial charge in [0, 0.05) is 70.5 Å². The first-order valence-corrected chi connectivity index (χ1v) is 17.7. The summed E-state index contributed by atoms with van der Waals surface area (Å²) in [6, 6.07) is 61.3. The largest absolute Gasteiger partial charge is 0.456 e. The first kappa shape index (κ1) is 27.6. The van der Waals surface area contributed by atoms with Gasteiger partial charge in [0.05, 0.1) is 11.0 Å². The Morgan fingerprint density at radius 3 is 1.96 bits per heavy atom. The highest BCUT2D eigenvalue weighted by Crippen LogP contribution is 2.45. The van der Waals surface area contributed by atoms with Crippen molar-refractivity contribution in [2.24, 2.45) is 0 Å². The minimum atomic E-state index is 0.879. The van der Waals surface area contributed by atoms with Gasteiger partial charge in [0.1, 0.15) is 11.2 Å². The molecule has 11 aromatic rings. The second-order valence-corrected chi connectivity index (χ2v) is 14.0. The van der Waals surface area contributed by atoms with Crippen LogP contribution in [0, 0.1) is 0 Å². The van der Waals surface area contributed by atoms with E-state index in [4.69, 9.17) is 4.42 Å². The molecular formula is C46H28N2OS. The van der Waals surface area contributed by atoms with Gasteiger partial charge in [-0.15, -0.1) is 11.3 Å². The van der Waals surface area contributed by atoms with Crippen molar-refractivity contribution in [1.29, 1.82) is 0 Å². The summed E-state index contributed by atoms with van der Waals surface area (Å²) in [6.45, 7) is 0. The van der Waals surface area contributed by atoms with E-state index in [9.17, 15) is 0 Å². The first-order chi connectivity index (χ1) is 24.8. The number of benzene rings is 8. The smallest absolute Gasteiger partial charge is 0.137 e. The summed E-state index contributed by atoms with van der Waals surface area (Å²) >= 11 is 1.85. The topological polar surface area (TPSA) is 21.3 Å². The van der Waals surface area contributed by atoms with Crippen molar-refractivity contribution in [3.05, 3.63) is 170 Å². The van der Waals surface area contributed by atoms with E-state index in [0.717, 1.165) is 44.7 Å². The normalized spacial score (nSPS) is 12.0. The van der Waals surface area contributed by atoms with E-state index in [1.165, 1.54) is 52.8 Å². The molecule has 0 aliphatic carbocycles. The minimum absolute atomic E-state index is 0.879. The van der Waals surface area contributed by atoms with Gasteiger partial charge in [-0.3, -0.25) is 0 Å². The predicted molar refractivity (Wildman–Crippen MR) is 213 cm³/mol. The van der Waals surface area contributed by atoms with E-state index in [1.807, 2.05) is 23.5 Å². The molecule has 4 heteroatoms.